The zero-order chi connectivity index (χ0) is 14.5. The highest BCUT2D eigenvalue weighted by Gasteiger charge is 2.09. The minimum Gasteiger partial charge on any atom is -0.497 e. The van der Waals surface area contributed by atoms with Crippen LogP contribution in [0.5, 0.6) is 5.75 Å². The molecule has 2 aromatic rings. The van der Waals surface area contributed by atoms with Crippen LogP contribution < -0.4 is 4.74 Å². The number of benzene rings is 2. The van der Waals surface area contributed by atoms with Crippen molar-refractivity contribution in [3.05, 3.63) is 53.8 Å². The number of esters is 1. The molecule has 0 aliphatic rings. The molecule has 4 heteroatoms. The van der Waals surface area contributed by atoms with Gasteiger partial charge < -0.3 is 9.47 Å². The number of carbonyl (C=O) groups is 1. The van der Waals surface area contributed by atoms with E-state index in [1.54, 1.807) is 43.3 Å². The van der Waals surface area contributed by atoms with Crippen molar-refractivity contribution in [1.82, 2.24) is 0 Å². The van der Waals surface area contributed by atoms with Crippen molar-refractivity contribution < 1.29 is 18.7 Å². The first-order valence-electron chi connectivity index (χ1n) is 6.26. The van der Waals surface area contributed by atoms with Gasteiger partial charge in [-0.25, -0.2) is 9.18 Å². The molecule has 20 heavy (non-hydrogen) atoms. The van der Waals surface area contributed by atoms with Gasteiger partial charge in [0, 0.05) is 5.56 Å². The third kappa shape index (κ3) is 2.96. The molecule has 0 saturated heterocycles. The first kappa shape index (κ1) is 14.1. The van der Waals surface area contributed by atoms with Gasteiger partial charge in [0.15, 0.2) is 0 Å². The lowest BCUT2D eigenvalue weighted by Gasteiger charge is -2.07. The Morgan fingerprint density at radius 1 is 1.15 bits per heavy atom. The normalized spacial score (nSPS) is 10.2. The monoisotopic (exact) mass is 274 g/mol. The van der Waals surface area contributed by atoms with Crippen molar-refractivity contribution >= 4 is 5.97 Å². The van der Waals surface area contributed by atoms with E-state index in [0.29, 0.717) is 29.0 Å². The molecule has 0 heterocycles. The number of carbonyl (C=O) groups excluding carboxylic acids is 1. The Labute approximate surface area is 117 Å². The van der Waals surface area contributed by atoms with E-state index in [1.165, 1.54) is 13.2 Å². The average Bonchev–Trinajstić information content (AvgIpc) is 2.48. The number of ether oxygens (including phenoxy) is 2. The molecule has 0 amide bonds. The molecule has 0 saturated carbocycles. The van der Waals surface area contributed by atoms with Crippen LogP contribution in [-0.2, 0) is 4.74 Å². The summed E-state index contributed by atoms with van der Waals surface area (Å²) in [6.07, 6.45) is 0. The molecule has 3 nitrogen and oxygen atoms in total. The summed E-state index contributed by atoms with van der Waals surface area (Å²) < 4.78 is 23.8. The molecule has 0 radical (unpaired) electrons. The van der Waals surface area contributed by atoms with Gasteiger partial charge in [0.1, 0.15) is 11.6 Å². The Morgan fingerprint density at radius 2 is 1.85 bits per heavy atom. The molecular weight excluding hydrogens is 259 g/mol. The van der Waals surface area contributed by atoms with Gasteiger partial charge in [0.05, 0.1) is 19.3 Å². The summed E-state index contributed by atoms with van der Waals surface area (Å²) in [5.74, 6) is -0.143. The highest BCUT2D eigenvalue weighted by atomic mass is 19.1. The quantitative estimate of drug-likeness (QED) is 0.798. The second-order valence-corrected chi connectivity index (χ2v) is 4.14. The molecule has 0 N–H and O–H groups in total. The van der Waals surface area contributed by atoms with Gasteiger partial charge in [-0.2, -0.15) is 0 Å². The molecule has 0 aliphatic carbocycles. The van der Waals surface area contributed by atoms with Crippen LogP contribution in [0.25, 0.3) is 11.1 Å². The highest BCUT2D eigenvalue weighted by Crippen LogP contribution is 2.27. The lowest BCUT2D eigenvalue weighted by molar-refractivity contribution is 0.0526. The Kier molecular flexibility index (Phi) is 4.35. The van der Waals surface area contributed by atoms with Gasteiger partial charge in [-0.1, -0.05) is 12.1 Å². The fourth-order valence-corrected chi connectivity index (χ4v) is 1.85. The zero-order valence-corrected chi connectivity index (χ0v) is 11.4. The van der Waals surface area contributed by atoms with Crippen molar-refractivity contribution in [2.45, 2.75) is 6.92 Å². The molecule has 0 atom stereocenters. The smallest absolute Gasteiger partial charge is 0.338 e. The largest absolute Gasteiger partial charge is 0.497 e. The van der Waals surface area contributed by atoms with Gasteiger partial charge in [-0.05, 0) is 42.8 Å². The van der Waals surface area contributed by atoms with Crippen LogP contribution in [0.15, 0.2) is 42.5 Å². The molecule has 0 unspecified atom stereocenters. The fourth-order valence-electron chi connectivity index (χ4n) is 1.85. The number of halogens is 1. The Morgan fingerprint density at radius 3 is 2.45 bits per heavy atom. The summed E-state index contributed by atoms with van der Waals surface area (Å²) in [6.45, 7) is 2.07. The predicted molar refractivity (Wildman–Crippen MR) is 74.3 cm³/mol. The maximum atomic E-state index is 13.8. The van der Waals surface area contributed by atoms with Crippen LogP contribution in [0.1, 0.15) is 17.3 Å². The standard InChI is InChI=1S/C16H15FO3/c1-3-20-16(18)12-6-4-11(5-7-12)14-10-13(19-2)8-9-15(14)17/h4-10H,3H2,1-2H3. The summed E-state index contributed by atoms with van der Waals surface area (Å²) in [7, 11) is 1.53. The van der Waals surface area contributed by atoms with Crippen molar-refractivity contribution in [1.29, 1.82) is 0 Å². The second kappa shape index (κ2) is 6.19. The average molecular weight is 274 g/mol. The van der Waals surface area contributed by atoms with Crippen molar-refractivity contribution in [2.75, 3.05) is 13.7 Å². The number of rotatable bonds is 4. The number of hydrogen-bond acceptors (Lipinski definition) is 3. The summed E-state index contributed by atoms with van der Waals surface area (Å²) in [6, 6.07) is 11.1. The van der Waals surface area contributed by atoms with E-state index in [1.807, 2.05) is 0 Å². The molecule has 0 bridgehead atoms. The fraction of sp³-hybridized carbons (Fsp3) is 0.188. The Bertz CT molecular complexity index is 606. The molecule has 2 aromatic carbocycles. The summed E-state index contributed by atoms with van der Waals surface area (Å²) >= 11 is 0. The van der Waals surface area contributed by atoms with Crippen LogP contribution in [0.3, 0.4) is 0 Å². The van der Waals surface area contributed by atoms with Crippen LogP contribution in [0.2, 0.25) is 0 Å². The molecule has 104 valence electrons. The number of hydrogen-bond donors (Lipinski definition) is 0. The van der Waals surface area contributed by atoms with Gasteiger partial charge in [0.2, 0.25) is 0 Å². The third-order valence-corrected chi connectivity index (χ3v) is 2.88. The lowest BCUT2D eigenvalue weighted by Crippen LogP contribution is -2.04. The minimum absolute atomic E-state index is 0.325. The lowest BCUT2D eigenvalue weighted by atomic mass is 10.0. The van der Waals surface area contributed by atoms with E-state index < -0.39 is 0 Å². The maximum Gasteiger partial charge on any atom is 0.338 e. The molecule has 0 spiro atoms. The van der Waals surface area contributed by atoms with E-state index in [2.05, 4.69) is 0 Å². The molecule has 0 aliphatic heterocycles. The van der Waals surface area contributed by atoms with Crippen LogP contribution in [0, 0.1) is 5.82 Å². The van der Waals surface area contributed by atoms with E-state index in [-0.39, 0.29) is 11.8 Å². The van der Waals surface area contributed by atoms with E-state index in [0.717, 1.165) is 0 Å². The van der Waals surface area contributed by atoms with E-state index >= 15 is 0 Å². The van der Waals surface area contributed by atoms with Crippen LogP contribution in [-0.4, -0.2) is 19.7 Å². The molecule has 0 aromatic heterocycles. The topological polar surface area (TPSA) is 35.5 Å². The highest BCUT2D eigenvalue weighted by molar-refractivity contribution is 5.90. The van der Waals surface area contributed by atoms with Crippen LogP contribution >= 0.6 is 0 Å². The summed E-state index contributed by atoms with van der Waals surface area (Å²) in [5.41, 5.74) is 1.55. The molecule has 2 rings (SSSR count). The van der Waals surface area contributed by atoms with Gasteiger partial charge in [0.25, 0.3) is 0 Å². The van der Waals surface area contributed by atoms with E-state index in [4.69, 9.17) is 9.47 Å². The Balaban J connectivity index is 2.32. The third-order valence-electron chi connectivity index (χ3n) is 2.88. The summed E-state index contributed by atoms with van der Waals surface area (Å²) in [5, 5.41) is 0. The second-order valence-electron chi connectivity index (χ2n) is 4.14. The first-order chi connectivity index (χ1) is 9.65. The number of methoxy groups -OCH3 is 1. The summed E-state index contributed by atoms with van der Waals surface area (Å²) in [4.78, 5) is 11.5. The zero-order valence-electron chi connectivity index (χ0n) is 11.4. The van der Waals surface area contributed by atoms with Gasteiger partial charge in [-0.3, -0.25) is 0 Å². The van der Waals surface area contributed by atoms with Gasteiger partial charge in [-0.15, -0.1) is 0 Å². The van der Waals surface area contributed by atoms with Crippen molar-refractivity contribution in [2.24, 2.45) is 0 Å². The van der Waals surface area contributed by atoms with Crippen molar-refractivity contribution in [3.8, 4) is 16.9 Å². The van der Waals surface area contributed by atoms with Crippen LogP contribution in [0.4, 0.5) is 4.39 Å². The van der Waals surface area contributed by atoms with E-state index in [9.17, 15) is 9.18 Å². The van der Waals surface area contributed by atoms with Crippen molar-refractivity contribution in [3.63, 3.8) is 0 Å². The van der Waals surface area contributed by atoms with Gasteiger partial charge >= 0.3 is 5.97 Å². The first-order valence-corrected chi connectivity index (χ1v) is 6.26. The maximum absolute atomic E-state index is 13.8. The minimum atomic E-state index is -0.384. The Hall–Kier alpha value is -2.36. The molecule has 0 fully saturated rings. The predicted octanol–water partition coefficient (Wildman–Crippen LogP) is 3.68. The SMILES string of the molecule is CCOC(=O)c1ccc(-c2cc(OC)ccc2F)cc1. The molecular formula is C16H15FO3.